The van der Waals surface area contributed by atoms with Crippen molar-refractivity contribution in [3.8, 4) is 0 Å². The number of carbonyl (C=O) groups excluding carboxylic acids is 3. The Morgan fingerprint density at radius 3 is 2.33 bits per heavy atom. The first-order chi connectivity index (χ1) is 19.1. The van der Waals surface area contributed by atoms with Crippen LogP contribution in [-0.2, 0) is 20.8 Å². The molecule has 202 valence electrons. The minimum Gasteiger partial charge on any atom is -0.348 e. The molecule has 2 aromatic carbocycles. The fourth-order valence-electron chi connectivity index (χ4n) is 6.09. The molecule has 3 N–H and O–H groups in total. The molecule has 1 saturated carbocycles. The maximum atomic E-state index is 13.7. The van der Waals surface area contributed by atoms with E-state index in [-0.39, 0.29) is 36.2 Å². The van der Waals surface area contributed by atoms with Crippen molar-refractivity contribution in [2.24, 2.45) is 5.92 Å². The molecule has 3 atom stereocenters. The number of aromatic nitrogens is 1. The van der Waals surface area contributed by atoms with Crippen molar-refractivity contribution in [1.82, 2.24) is 20.9 Å². The van der Waals surface area contributed by atoms with Gasteiger partial charge in [-0.15, -0.1) is 0 Å². The van der Waals surface area contributed by atoms with E-state index >= 15 is 0 Å². The minimum absolute atomic E-state index is 0.0637. The number of fused-ring (bicyclic) bond motifs is 1. The summed E-state index contributed by atoms with van der Waals surface area (Å²) in [5.41, 5.74) is 3.93. The van der Waals surface area contributed by atoms with E-state index in [1.807, 2.05) is 42.5 Å². The lowest BCUT2D eigenvalue weighted by molar-refractivity contribution is -0.131. The highest BCUT2D eigenvalue weighted by molar-refractivity contribution is 5.93. The Hall–Kier alpha value is -4.00. The zero-order chi connectivity index (χ0) is 27.0. The zero-order valence-corrected chi connectivity index (χ0v) is 22.1. The summed E-state index contributed by atoms with van der Waals surface area (Å²) < 4.78 is 0. The molecule has 0 spiro atoms. The van der Waals surface area contributed by atoms with Crippen molar-refractivity contribution < 1.29 is 14.4 Å². The van der Waals surface area contributed by atoms with Crippen LogP contribution >= 0.6 is 0 Å². The van der Waals surface area contributed by atoms with Crippen LogP contribution < -0.4 is 16.0 Å². The standard InChI is InChI=1S/C32H36N4O3/c37-28(35-27-18-8-15-22-10-6-7-17-26(22)27)21-34-32(39)30(25-16-9-19-33-20-25)36-31(38)29(24-13-4-5-14-24)23-11-2-1-3-12-23/h1-3,6-7,9-12,16-17,19-20,24,27,29-30H,4-5,8,13-15,18,21H2,(H,34,39)(H,35,37)(H,36,38). The largest absolute Gasteiger partial charge is 0.348 e. The van der Waals surface area contributed by atoms with Crippen LogP contribution in [0.4, 0.5) is 0 Å². The van der Waals surface area contributed by atoms with Gasteiger partial charge in [-0.1, -0.05) is 73.5 Å². The maximum Gasteiger partial charge on any atom is 0.247 e. The summed E-state index contributed by atoms with van der Waals surface area (Å²) in [6, 6.07) is 20.4. The molecule has 39 heavy (non-hydrogen) atoms. The third-order valence-corrected chi connectivity index (χ3v) is 8.01. The topological polar surface area (TPSA) is 100 Å². The van der Waals surface area contributed by atoms with Gasteiger partial charge in [-0.25, -0.2) is 0 Å². The minimum atomic E-state index is -0.956. The summed E-state index contributed by atoms with van der Waals surface area (Å²) in [7, 11) is 0. The second-order valence-electron chi connectivity index (χ2n) is 10.6. The summed E-state index contributed by atoms with van der Waals surface area (Å²) in [6.45, 7) is -0.172. The van der Waals surface area contributed by atoms with E-state index in [0.717, 1.165) is 56.1 Å². The van der Waals surface area contributed by atoms with Crippen molar-refractivity contribution in [2.45, 2.75) is 62.9 Å². The van der Waals surface area contributed by atoms with Crippen LogP contribution in [0.15, 0.2) is 79.1 Å². The third-order valence-electron chi connectivity index (χ3n) is 8.01. The van der Waals surface area contributed by atoms with Gasteiger partial charge in [0, 0.05) is 18.0 Å². The van der Waals surface area contributed by atoms with Crippen LogP contribution in [0.1, 0.15) is 78.8 Å². The molecule has 0 radical (unpaired) electrons. The Balaban J connectivity index is 1.27. The summed E-state index contributed by atoms with van der Waals surface area (Å²) in [5.74, 6) is -0.979. The Morgan fingerprint density at radius 2 is 1.56 bits per heavy atom. The van der Waals surface area contributed by atoms with Crippen molar-refractivity contribution in [1.29, 1.82) is 0 Å². The van der Waals surface area contributed by atoms with Gasteiger partial charge in [-0.2, -0.15) is 0 Å². The van der Waals surface area contributed by atoms with Crippen molar-refractivity contribution in [3.05, 3.63) is 101 Å². The second-order valence-corrected chi connectivity index (χ2v) is 10.6. The third kappa shape index (κ3) is 6.53. The van der Waals surface area contributed by atoms with Gasteiger partial charge in [0.2, 0.25) is 17.7 Å². The van der Waals surface area contributed by atoms with E-state index in [2.05, 4.69) is 33.1 Å². The van der Waals surface area contributed by atoms with Crippen molar-refractivity contribution in [3.63, 3.8) is 0 Å². The average molecular weight is 525 g/mol. The molecule has 1 heterocycles. The monoisotopic (exact) mass is 524 g/mol. The molecule has 1 aromatic heterocycles. The Kier molecular flexibility index (Phi) is 8.66. The first kappa shape index (κ1) is 26.6. The zero-order valence-electron chi connectivity index (χ0n) is 22.1. The lowest BCUT2D eigenvalue weighted by Gasteiger charge is -2.27. The van der Waals surface area contributed by atoms with Gasteiger partial charge in [0.15, 0.2) is 0 Å². The van der Waals surface area contributed by atoms with E-state index in [4.69, 9.17) is 0 Å². The number of benzene rings is 2. The molecule has 0 aliphatic heterocycles. The number of amides is 3. The SMILES string of the molecule is O=C(CNC(=O)C(NC(=O)C(c1ccccc1)C1CCCC1)c1cccnc1)NC1CCCc2ccccc21. The first-order valence-electron chi connectivity index (χ1n) is 14.0. The quantitative estimate of drug-likeness (QED) is 0.383. The molecular formula is C32H36N4O3. The first-order valence-corrected chi connectivity index (χ1v) is 14.0. The molecule has 0 saturated heterocycles. The maximum absolute atomic E-state index is 13.7. The van der Waals surface area contributed by atoms with Gasteiger partial charge in [0.25, 0.3) is 0 Å². The molecule has 3 unspecified atom stereocenters. The van der Waals surface area contributed by atoms with Gasteiger partial charge in [-0.05, 0) is 60.8 Å². The fourth-order valence-corrected chi connectivity index (χ4v) is 6.09. The second kappa shape index (κ2) is 12.7. The molecule has 2 aliphatic rings. The van der Waals surface area contributed by atoms with Crippen molar-refractivity contribution >= 4 is 17.7 Å². The number of carbonyl (C=O) groups is 3. The van der Waals surface area contributed by atoms with Crippen LogP contribution in [0.5, 0.6) is 0 Å². The summed E-state index contributed by atoms with van der Waals surface area (Å²) in [5, 5.41) is 8.83. The number of rotatable bonds is 9. The fraction of sp³-hybridized carbons (Fsp3) is 0.375. The van der Waals surface area contributed by atoms with E-state index in [1.54, 1.807) is 24.5 Å². The summed E-state index contributed by atoms with van der Waals surface area (Å²) >= 11 is 0. The normalized spacial score (nSPS) is 18.4. The smallest absolute Gasteiger partial charge is 0.247 e. The van der Waals surface area contributed by atoms with Gasteiger partial charge in [0.1, 0.15) is 6.04 Å². The molecule has 3 amide bonds. The van der Waals surface area contributed by atoms with Crippen LogP contribution in [0.3, 0.4) is 0 Å². The van der Waals surface area contributed by atoms with Crippen molar-refractivity contribution in [2.75, 3.05) is 6.54 Å². The molecule has 3 aromatic rings. The number of aryl methyl sites for hydroxylation is 1. The lowest BCUT2D eigenvalue weighted by Crippen LogP contribution is -2.46. The van der Waals surface area contributed by atoms with Gasteiger partial charge >= 0.3 is 0 Å². The lowest BCUT2D eigenvalue weighted by atomic mass is 9.84. The molecule has 5 rings (SSSR count). The Morgan fingerprint density at radius 1 is 0.821 bits per heavy atom. The molecular weight excluding hydrogens is 488 g/mol. The number of nitrogens with one attached hydrogen (secondary N) is 3. The predicted molar refractivity (Wildman–Crippen MR) is 150 cm³/mol. The molecule has 2 aliphatic carbocycles. The summed E-state index contributed by atoms with van der Waals surface area (Å²) in [4.78, 5) is 44.2. The number of hydrogen-bond donors (Lipinski definition) is 3. The highest BCUT2D eigenvalue weighted by Gasteiger charge is 2.34. The predicted octanol–water partition coefficient (Wildman–Crippen LogP) is 4.52. The Labute approximate surface area is 229 Å². The molecule has 1 fully saturated rings. The van der Waals surface area contributed by atoms with E-state index in [0.29, 0.717) is 5.56 Å². The summed E-state index contributed by atoms with van der Waals surface area (Å²) in [6.07, 6.45) is 10.3. The van der Waals surface area contributed by atoms with Gasteiger partial charge in [-0.3, -0.25) is 19.4 Å². The highest BCUT2D eigenvalue weighted by atomic mass is 16.2. The molecule has 7 nitrogen and oxygen atoms in total. The number of pyridine rings is 1. The van der Waals surface area contributed by atoms with E-state index < -0.39 is 11.9 Å². The van der Waals surface area contributed by atoms with Crippen LogP contribution in [0.2, 0.25) is 0 Å². The van der Waals surface area contributed by atoms with E-state index in [1.165, 1.54) is 5.56 Å². The van der Waals surface area contributed by atoms with Gasteiger partial charge in [0.05, 0.1) is 18.5 Å². The number of nitrogens with zero attached hydrogens (tertiary/aromatic N) is 1. The van der Waals surface area contributed by atoms with Gasteiger partial charge < -0.3 is 16.0 Å². The van der Waals surface area contributed by atoms with E-state index in [9.17, 15) is 14.4 Å². The highest BCUT2D eigenvalue weighted by Crippen LogP contribution is 2.38. The number of hydrogen-bond acceptors (Lipinski definition) is 4. The average Bonchev–Trinajstić information content (AvgIpc) is 3.50. The Bertz CT molecular complexity index is 1270. The van der Waals surface area contributed by atoms with Crippen LogP contribution in [0.25, 0.3) is 0 Å². The molecule has 7 heteroatoms. The van der Waals surface area contributed by atoms with Crippen LogP contribution in [0, 0.1) is 5.92 Å². The van der Waals surface area contributed by atoms with Crippen LogP contribution in [-0.4, -0.2) is 29.3 Å². The molecule has 0 bridgehead atoms.